The number of aliphatic hydroxyl groups is 1. The van der Waals surface area contributed by atoms with Crippen molar-refractivity contribution in [2.24, 2.45) is 0 Å². The highest BCUT2D eigenvalue weighted by atomic mass is 35.5. The highest BCUT2D eigenvalue weighted by molar-refractivity contribution is 6.52. The first-order valence-electron chi connectivity index (χ1n) is 11.4. The number of nitrogens with zero attached hydrogens (tertiary/aromatic N) is 1. The minimum absolute atomic E-state index is 0.0183. The fourth-order valence-electron chi connectivity index (χ4n) is 4.44. The number of rotatable bonds is 7. The van der Waals surface area contributed by atoms with Gasteiger partial charge in [-0.25, -0.2) is 0 Å². The van der Waals surface area contributed by atoms with E-state index in [0.717, 1.165) is 5.56 Å². The molecule has 37 heavy (non-hydrogen) atoms. The van der Waals surface area contributed by atoms with Crippen molar-refractivity contribution in [2.45, 2.75) is 19.9 Å². The maximum absolute atomic E-state index is 13.5. The summed E-state index contributed by atoms with van der Waals surface area (Å²) in [6, 6.07) is 14.7. The van der Waals surface area contributed by atoms with E-state index >= 15 is 0 Å². The molecule has 192 valence electrons. The number of hydrogen-bond acceptors (Lipinski definition) is 6. The van der Waals surface area contributed by atoms with Crippen LogP contribution in [0, 0.1) is 6.92 Å². The normalized spacial score (nSPS) is 16.7. The van der Waals surface area contributed by atoms with Crippen LogP contribution in [-0.2, 0) is 9.59 Å². The van der Waals surface area contributed by atoms with Crippen molar-refractivity contribution < 1.29 is 28.9 Å². The van der Waals surface area contributed by atoms with Crippen LogP contribution >= 0.6 is 23.2 Å². The van der Waals surface area contributed by atoms with E-state index in [2.05, 4.69) is 0 Å². The zero-order valence-corrected chi connectivity index (χ0v) is 22.2. The lowest BCUT2D eigenvalue weighted by Crippen LogP contribution is -2.29. The number of aliphatic hydroxyl groups excluding tert-OH is 1. The molecule has 1 aliphatic rings. The van der Waals surface area contributed by atoms with E-state index < -0.39 is 23.5 Å². The Morgan fingerprint density at radius 3 is 2.35 bits per heavy atom. The number of ether oxygens (including phenoxy) is 3. The molecule has 0 radical (unpaired) electrons. The highest BCUT2D eigenvalue weighted by Crippen LogP contribution is 2.48. The average Bonchev–Trinajstić information content (AvgIpc) is 3.14. The fraction of sp³-hybridized carbons (Fsp3) is 0.214. The fourth-order valence-corrected chi connectivity index (χ4v) is 5.12. The second kappa shape index (κ2) is 10.7. The molecule has 0 saturated carbocycles. The van der Waals surface area contributed by atoms with Crippen LogP contribution in [-0.4, -0.2) is 37.6 Å². The number of Topliss-reactive ketones (excluding diaryl/α,β-unsaturated/α-hetero) is 1. The van der Waals surface area contributed by atoms with E-state index in [-0.39, 0.29) is 32.7 Å². The van der Waals surface area contributed by atoms with Crippen LogP contribution in [0.3, 0.4) is 0 Å². The second-order valence-electron chi connectivity index (χ2n) is 8.30. The van der Waals surface area contributed by atoms with Crippen LogP contribution in [0.15, 0.2) is 60.2 Å². The van der Waals surface area contributed by atoms with Crippen molar-refractivity contribution in [2.75, 3.05) is 25.7 Å². The highest BCUT2D eigenvalue weighted by Gasteiger charge is 2.47. The minimum atomic E-state index is -0.943. The Hall–Kier alpha value is -3.68. The Balaban J connectivity index is 2.01. The van der Waals surface area contributed by atoms with Gasteiger partial charge in [-0.05, 0) is 37.6 Å². The molecule has 1 heterocycles. The summed E-state index contributed by atoms with van der Waals surface area (Å²) in [5, 5.41) is 11.7. The molecule has 1 aliphatic heterocycles. The van der Waals surface area contributed by atoms with Crippen molar-refractivity contribution in [3.05, 3.63) is 86.9 Å². The third kappa shape index (κ3) is 4.72. The Bertz CT molecular complexity index is 1420. The lowest BCUT2D eigenvalue weighted by Gasteiger charge is -2.26. The molecule has 1 N–H and O–H groups in total. The van der Waals surface area contributed by atoms with Gasteiger partial charge in [-0.2, -0.15) is 0 Å². The van der Waals surface area contributed by atoms with Crippen LogP contribution in [0.25, 0.3) is 5.76 Å². The average molecular weight is 542 g/mol. The molecule has 1 unspecified atom stereocenters. The molecule has 0 spiro atoms. The molecule has 0 aliphatic carbocycles. The molecule has 1 atom stereocenters. The first-order valence-corrected chi connectivity index (χ1v) is 12.2. The number of carbonyl (C=O) groups is 2. The van der Waals surface area contributed by atoms with E-state index in [1.165, 1.54) is 25.2 Å². The van der Waals surface area contributed by atoms with Crippen molar-refractivity contribution in [1.29, 1.82) is 0 Å². The SMILES string of the molecule is CCOc1cccc(N2C(=O)C(=O)/C(=C(/O)c3cc(Cl)c(OC)c(Cl)c3OC)C2c2cccc(C)c2)c1. The molecular weight excluding hydrogens is 517 g/mol. The van der Waals surface area contributed by atoms with Gasteiger partial charge in [0.25, 0.3) is 11.7 Å². The molecule has 9 heteroatoms. The van der Waals surface area contributed by atoms with Gasteiger partial charge in [0, 0.05) is 11.8 Å². The lowest BCUT2D eigenvalue weighted by atomic mass is 9.94. The summed E-state index contributed by atoms with van der Waals surface area (Å²) in [4.78, 5) is 28.3. The molecule has 1 saturated heterocycles. The molecule has 4 rings (SSSR count). The third-order valence-electron chi connectivity index (χ3n) is 6.00. The number of hydrogen-bond donors (Lipinski definition) is 1. The van der Waals surface area contributed by atoms with Crippen LogP contribution in [0.2, 0.25) is 10.0 Å². The summed E-state index contributed by atoms with van der Waals surface area (Å²) in [5.74, 6) is -1.40. The lowest BCUT2D eigenvalue weighted by molar-refractivity contribution is -0.132. The van der Waals surface area contributed by atoms with Crippen LogP contribution < -0.4 is 19.1 Å². The standard InChI is InChI=1S/C28H25Cl2NO6/c1-5-37-18-11-7-10-17(13-18)31-23(16-9-6-8-15(2)12-16)21(25(33)28(31)34)24(32)19-14-20(29)27(36-4)22(30)26(19)35-3/h6-14,23,32H,5H2,1-4H3/b24-21+. The topological polar surface area (TPSA) is 85.3 Å². The van der Waals surface area contributed by atoms with Gasteiger partial charge in [-0.15, -0.1) is 0 Å². The van der Waals surface area contributed by atoms with E-state index in [1.54, 1.807) is 30.3 Å². The number of benzene rings is 3. The van der Waals surface area contributed by atoms with Crippen LogP contribution in [0.5, 0.6) is 17.2 Å². The van der Waals surface area contributed by atoms with Gasteiger partial charge in [-0.1, -0.05) is 59.1 Å². The van der Waals surface area contributed by atoms with Crippen molar-refractivity contribution in [1.82, 2.24) is 0 Å². The third-order valence-corrected chi connectivity index (χ3v) is 6.63. The van der Waals surface area contributed by atoms with Crippen molar-refractivity contribution in [3.8, 4) is 17.2 Å². The maximum Gasteiger partial charge on any atom is 0.300 e. The number of aryl methyl sites for hydroxylation is 1. The Labute approximate surface area is 224 Å². The summed E-state index contributed by atoms with van der Waals surface area (Å²) in [6.45, 7) is 4.18. The Kier molecular flexibility index (Phi) is 7.66. The van der Waals surface area contributed by atoms with Gasteiger partial charge in [0.1, 0.15) is 16.5 Å². The van der Waals surface area contributed by atoms with Crippen molar-refractivity contribution >= 4 is 46.3 Å². The van der Waals surface area contributed by atoms with Gasteiger partial charge < -0.3 is 19.3 Å². The summed E-state index contributed by atoms with van der Waals surface area (Å²) >= 11 is 12.8. The van der Waals surface area contributed by atoms with E-state index in [0.29, 0.717) is 23.6 Å². The summed E-state index contributed by atoms with van der Waals surface area (Å²) in [5.41, 5.74) is 1.91. The molecule has 1 fully saturated rings. The number of methoxy groups -OCH3 is 2. The van der Waals surface area contributed by atoms with Gasteiger partial charge >= 0.3 is 0 Å². The summed E-state index contributed by atoms with van der Waals surface area (Å²) in [6.07, 6.45) is 0. The van der Waals surface area contributed by atoms with Gasteiger partial charge in [0.05, 0.1) is 43.0 Å². The van der Waals surface area contributed by atoms with Crippen LogP contribution in [0.1, 0.15) is 29.7 Å². The number of anilines is 1. The minimum Gasteiger partial charge on any atom is -0.507 e. The quantitative estimate of drug-likeness (QED) is 0.213. The van der Waals surface area contributed by atoms with Crippen LogP contribution in [0.4, 0.5) is 5.69 Å². The predicted molar refractivity (Wildman–Crippen MR) is 143 cm³/mol. The second-order valence-corrected chi connectivity index (χ2v) is 9.09. The number of amides is 1. The van der Waals surface area contributed by atoms with Gasteiger partial charge in [0.2, 0.25) is 0 Å². The Morgan fingerprint density at radius 2 is 1.70 bits per heavy atom. The predicted octanol–water partition coefficient (Wildman–Crippen LogP) is 6.34. The first kappa shape index (κ1) is 26.4. The van der Waals surface area contributed by atoms with Gasteiger partial charge in [-0.3, -0.25) is 14.5 Å². The largest absolute Gasteiger partial charge is 0.507 e. The molecule has 3 aromatic rings. The molecule has 0 aromatic heterocycles. The van der Waals surface area contributed by atoms with E-state index in [9.17, 15) is 14.7 Å². The molecule has 3 aromatic carbocycles. The zero-order valence-electron chi connectivity index (χ0n) is 20.7. The Morgan fingerprint density at radius 1 is 1.00 bits per heavy atom. The maximum atomic E-state index is 13.5. The smallest absolute Gasteiger partial charge is 0.300 e. The molecular formula is C28H25Cl2NO6. The number of halogens is 2. The van der Waals surface area contributed by atoms with Gasteiger partial charge in [0.15, 0.2) is 11.5 Å². The number of carbonyl (C=O) groups excluding carboxylic acids is 2. The van der Waals surface area contributed by atoms with E-state index in [4.69, 9.17) is 37.4 Å². The number of ketones is 1. The van der Waals surface area contributed by atoms with E-state index in [1.807, 2.05) is 32.0 Å². The summed E-state index contributed by atoms with van der Waals surface area (Å²) in [7, 11) is 2.76. The first-order chi connectivity index (χ1) is 17.7. The molecule has 7 nitrogen and oxygen atoms in total. The molecule has 0 bridgehead atoms. The molecule has 1 amide bonds. The summed E-state index contributed by atoms with van der Waals surface area (Å²) < 4.78 is 16.3. The van der Waals surface area contributed by atoms with Crippen molar-refractivity contribution in [3.63, 3.8) is 0 Å². The monoisotopic (exact) mass is 541 g/mol. The zero-order chi connectivity index (χ0) is 26.9.